The van der Waals surface area contributed by atoms with E-state index in [9.17, 15) is 0 Å². The molecule has 0 radical (unpaired) electrons. The molecule has 5 heteroatoms. The van der Waals surface area contributed by atoms with Crippen LogP contribution in [-0.4, -0.2) is 17.0 Å². The zero-order valence-corrected chi connectivity index (χ0v) is 11.1. The molecule has 0 aliphatic heterocycles. The maximum atomic E-state index is 6.03. The molecule has 0 unspecified atom stereocenters. The van der Waals surface area contributed by atoms with Crippen molar-refractivity contribution in [3.8, 4) is 11.4 Å². The van der Waals surface area contributed by atoms with Crippen molar-refractivity contribution in [1.29, 1.82) is 0 Å². The number of nitrogens with zero attached hydrogens (tertiary/aromatic N) is 1. The molecule has 2 aromatic rings. The molecule has 0 spiro atoms. The third kappa shape index (κ3) is 2.29. The maximum absolute atomic E-state index is 6.03. The molecule has 2 rings (SSSR count). The second-order valence-corrected chi connectivity index (χ2v) is 4.58. The number of rotatable bonds is 3. The van der Waals surface area contributed by atoms with Crippen LogP contribution in [0, 0.1) is 0 Å². The number of nitrogens with one attached hydrogen (secondary N) is 2. The first-order chi connectivity index (χ1) is 7.72. The Labute approximate surface area is 107 Å². The van der Waals surface area contributed by atoms with Gasteiger partial charge in [0.1, 0.15) is 5.82 Å². The zero-order chi connectivity index (χ0) is 11.5. The van der Waals surface area contributed by atoms with E-state index in [0.717, 1.165) is 21.6 Å². The second-order valence-electron chi connectivity index (χ2n) is 3.36. The summed E-state index contributed by atoms with van der Waals surface area (Å²) in [6.45, 7) is 0.677. The summed E-state index contributed by atoms with van der Waals surface area (Å²) in [5, 5.41) is 3.55. The van der Waals surface area contributed by atoms with E-state index in [4.69, 9.17) is 11.6 Å². The Bertz CT molecular complexity index is 496. The van der Waals surface area contributed by atoms with Crippen molar-refractivity contribution < 1.29 is 0 Å². The largest absolute Gasteiger partial charge is 0.339 e. The van der Waals surface area contributed by atoms with Gasteiger partial charge in [0.05, 0.1) is 5.69 Å². The van der Waals surface area contributed by atoms with Crippen molar-refractivity contribution in [3.05, 3.63) is 39.6 Å². The molecule has 16 heavy (non-hydrogen) atoms. The van der Waals surface area contributed by atoms with Crippen LogP contribution in [-0.2, 0) is 6.54 Å². The van der Waals surface area contributed by atoms with Crippen molar-refractivity contribution in [1.82, 2.24) is 15.3 Å². The van der Waals surface area contributed by atoms with E-state index < -0.39 is 0 Å². The fourth-order valence-corrected chi connectivity index (χ4v) is 2.13. The van der Waals surface area contributed by atoms with E-state index in [1.165, 1.54) is 0 Å². The molecule has 0 amide bonds. The van der Waals surface area contributed by atoms with Crippen LogP contribution in [0.2, 0.25) is 5.15 Å². The van der Waals surface area contributed by atoms with Gasteiger partial charge in [-0.05, 0) is 13.1 Å². The number of aromatic nitrogens is 2. The Balaban J connectivity index is 2.42. The minimum Gasteiger partial charge on any atom is -0.339 e. The smallest absolute Gasteiger partial charge is 0.152 e. The molecule has 1 aromatic heterocycles. The molecule has 0 bridgehead atoms. The topological polar surface area (TPSA) is 40.7 Å². The minimum atomic E-state index is 0.514. The highest BCUT2D eigenvalue weighted by atomic mass is 79.9. The normalized spacial score (nSPS) is 10.7. The second kappa shape index (κ2) is 4.99. The molecular formula is C11H11BrClN3. The summed E-state index contributed by atoms with van der Waals surface area (Å²) in [5.41, 5.74) is 1.90. The number of aromatic amines is 1. The molecule has 84 valence electrons. The van der Waals surface area contributed by atoms with E-state index in [1.807, 2.05) is 31.3 Å². The molecule has 0 fully saturated rings. The van der Waals surface area contributed by atoms with Gasteiger partial charge in [0.25, 0.3) is 0 Å². The lowest BCUT2D eigenvalue weighted by molar-refractivity contribution is 0.798. The van der Waals surface area contributed by atoms with E-state index in [1.54, 1.807) is 0 Å². The summed E-state index contributed by atoms with van der Waals surface area (Å²) < 4.78 is 0.997. The van der Waals surface area contributed by atoms with Crippen molar-refractivity contribution in [3.63, 3.8) is 0 Å². The summed E-state index contributed by atoms with van der Waals surface area (Å²) >= 11 is 9.52. The molecule has 1 heterocycles. The summed E-state index contributed by atoms with van der Waals surface area (Å²) in [4.78, 5) is 7.50. The van der Waals surface area contributed by atoms with Crippen molar-refractivity contribution in [2.24, 2.45) is 0 Å². The van der Waals surface area contributed by atoms with Crippen LogP contribution < -0.4 is 5.32 Å². The highest BCUT2D eigenvalue weighted by Crippen LogP contribution is 2.27. The first kappa shape index (κ1) is 11.6. The lowest BCUT2D eigenvalue weighted by atomic mass is 10.2. The van der Waals surface area contributed by atoms with Crippen molar-refractivity contribution in [2.45, 2.75) is 6.54 Å². The third-order valence-corrected chi connectivity index (χ3v) is 3.21. The van der Waals surface area contributed by atoms with E-state index in [-0.39, 0.29) is 0 Å². The number of halogens is 2. The lowest BCUT2D eigenvalue weighted by Crippen LogP contribution is -2.05. The number of hydrogen-bond donors (Lipinski definition) is 2. The molecule has 1 aromatic carbocycles. The van der Waals surface area contributed by atoms with Gasteiger partial charge in [-0.2, -0.15) is 0 Å². The molecule has 2 N–H and O–H groups in total. The Morgan fingerprint density at radius 3 is 2.88 bits per heavy atom. The Morgan fingerprint density at radius 1 is 1.44 bits per heavy atom. The van der Waals surface area contributed by atoms with Gasteiger partial charge in [0, 0.05) is 16.6 Å². The zero-order valence-electron chi connectivity index (χ0n) is 8.72. The number of imidazole rings is 1. The molecule has 3 nitrogen and oxygen atoms in total. The predicted octanol–water partition coefficient (Wildman–Crippen LogP) is 3.21. The van der Waals surface area contributed by atoms with E-state index >= 15 is 0 Å². The van der Waals surface area contributed by atoms with Crippen LogP contribution >= 0.6 is 27.5 Å². The van der Waals surface area contributed by atoms with Gasteiger partial charge >= 0.3 is 0 Å². The highest BCUT2D eigenvalue weighted by Gasteiger charge is 2.10. The van der Waals surface area contributed by atoms with Crippen molar-refractivity contribution in [2.75, 3.05) is 7.05 Å². The number of H-pyrrole nitrogens is 1. The van der Waals surface area contributed by atoms with Gasteiger partial charge in [0.2, 0.25) is 0 Å². The van der Waals surface area contributed by atoms with Crippen LogP contribution in [0.25, 0.3) is 11.4 Å². The molecule has 0 saturated carbocycles. The van der Waals surface area contributed by atoms with Gasteiger partial charge in [-0.1, -0.05) is 45.7 Å². The molecule has 0 atom stereocenters. The average Bonchev–Trinajstić information content (AvgIpc) is 2.61. The Hall–Kier alpha value is -0.840. The summed E-state index contributed by atoms with van der Waals surface area (Å²) in [6, 6.07) is 7.90. The fraction of sp³-hybridized carbons (Fsp3) is 0.182. The van der Waals surface area contributed by atoms with Crippen molar-refractivity contribution >= 4 is 27.5 Å². The maximum Gasteiger partial charge on any atom is 0.152 e. The van der Waals surface area contributed by atoms with Crippen LogP contribution in [0.5, 0.6) is 0 Å². The molecule has 0 saturated heterocycles. The fourth-order valence-electron chi connectivity index (χ4n) is 1.46. The quantitative estimate of drug-likeness (QED) is 0.914. The van der Waals surface area contributed by atoms with Gasteiger partial charge in [-0.15, -0.1) is 0 Å². The van der Waals surface area contributed by atoms with Crippen LogP contribution in [0.3, 0.4) is 0 Å². The summed E-state index contributed by atoms with van der Waals surface area (Å²) in [5.74, 6) is 0.780. The van der Waals surface area contributed by atoms with Crippen LogP contribution in [0.1, 0.15) is 5.69 Å². The highest BCUT2D eigenvalue weighted by molar-refractivity contribution is 9.10. The van der Waals surface area contributed by atoms with Gasteiger partial charge < -0.3 is 10.3 Å². The van der Waals surface area contributed by atoms with Crippen LogP contribution in [0.15, 0.2) is 28.7 Å². The number of benzene rings is 1. The summed E-state index contributed by atoms with van der Waals surface area (Å²) in [6.07, 6.45) is 0. The minimum absolute atomic E-state index is 0.514. The van der Waals surface area contributed by atoms with Crippen LogP contribution in [0.4, 0.5) is 0 Å². The molecular weight excluding hydrogens is 289 g/mol. The van der Waals surface area contributed by atoms with Gasteiger partial charge in [-0.3, -0.25) is 0 Å². The SMILES string of the molecule is CNCc1[nH]c(-c2ccccc2Br)nc1Cl. The molecule has 0 aliphatic rings. The first-order valence-electron chi connectivity index (χ1n) is 4.86. The monoisotopic (exact) mass is 299 g/mol. The Morgan fingerprint density at radius 2 is 2.19 bits per heavy atom. The van der Waals surface area contributed by atoms with Gasteiger partial charge in [0.15, 0.2) is 5.15 Å². The first-order valence-corrected chi connectivity index (χ1v) is 6.03. The predicted molar refractivity (Wildman–Crippen MR) is 69.5 cm³/mol. The Kier molecular flexibility index (Phi) is 3.63. The summed E-state index contributed by atoms with van der Waals surface area (Å²) in [7, 11) is 1.87. The number of hydrogen-bond acceptors (Lipinski definition) is 2. The van der Waals surface area contributed by atoms with E-state index in [2.05, 4.69) is 31.2 Å². The van der Waals surface area contributed by atoms with E-state index in [0.29, 0.717) is 11.7 Å². The lowest BCUT2D eigenvalue weighted by Gasteiger charge is -1.99. The standard InChI is InChI=1S/C11H11BrClN3/c1-14-6-9-10(13)16-11(15-9)7-4-2-3-5-8(7)12/h2-5,14H,6H2,1H3,(H,15,16). The van der Waals surface area contributed by atoms with Gasteiger partial charge in [-0.25, -0.2) is 4.98 Å². The third-order valence-electron chi connectivity index (χ3n) is 2.21. The molecule has 0 aliphatic carbocycles. The average molecular weight is 301 g/mol.